The molecular weight excluding hydrogens is 1670 g/mol. The van der Waals surface area contributed by atoms with E-state index < -0.39 is 0 Å². The average molecular weight is 1920 g/mol. The Balaban J connectivity index is 0.000000111. The van der Waals surface area contributed by atoms with Crippen molar-refractivity contribution in [1.82, 2.24) is 0 Å². The van der Waals surface area contributed by atoms with E-state index in [-0.39, 0.29) is 0 Å². The minimum absolute atomic E-state index is 0.762. The Hall–Kier alpha value is -0.260. The van der Waals surface area contributed by atoms with E-state index in [2.05, 4.69) is 166 Å². The lowest BCUT2D eigenvalue weighted by Gasteiger charge is -2.61. The van der Waals surface area contributed by atoms with Crippen LogP contribution in [0, 0.1) is 268 Å². The van der Waals surface area contributed by atoms with Crippen molar-refractivity contribution >= 4 is 0 Å². The predicted octanol–water partition coefficient (Wildman–Crippen LogP) is 43.7. The lowest BCUT2D eigenvalue weighted by molar-refractivity contribution is -0.106. The van der Waals surface area contributed by atoms with Gasteiger partial charge in [-0.25, -0.2) is 0 Å². The highest BCUT2D eigenvalue weighted by Gasteiger charge is 2.62. The molecule has 0 heteroatoms. The van der Waals surface area contributed by atoms with Crippen LogP contribution in [0.5, 0.6) is 0 Å². The van der Waals surface area contributed by atoms with Crippen LogP contribution >= 0.6 is 0 Å². The van der Waals surface area contributed by atoms with Crippen molar-refractivity contribution < 1.29 is 0 Å². The molecule has 0 amide bonds. The molecular formula is C139H246. The van der Waals surface area contributed by atoms with E-state index >= 15 is 0 Å². The van der Waals surface area contributed by atoms with Crippen molar-refractivity contribution in [3.63, 3.8) is 0 Å². The van der Waals surface area contributed by atoms with Crippen LogP contribution in [-0.4, -0.2) is 0 Å². The Morgan fingerprint density at radius 1 is 0.259 bits per heavy atom. The van der Waals surface area contributed by atoms with Crippen LogP contribution in [0.25, 0.3) is 0 Å². The summed E-state index contributed by atoms with van der Waals surface area (Å²) >= 11 is 0. The third kappa shape index (κ3) is 25.9. The molecule has 139 heavy (non-hydrogen) atoms. The summed E-state index contributed by atoms with van der Waals surface area (Å²) in [5.41, 5.74) is 7.21. The smallest absolute Gasteiger partial charge is 0.0287 e. The fourth-order valence-corrected chi connectivity index (χ4v) is 47.5. The van der Waals surface area contributed by atoms with Gasteiger partial charge in [-0.2, -0.15) is 0 Å². The van der Waals surface area contributed by atoms with Crippen molar-refractivity contribution in [3.8, 4) is 0 Å². The topological polar surface area (TPSA) is 0 Å². The summed E-state index contributed by atoms with van der Waals surface area (Å²) in [7, 11) is 0. The normalized spacial score (nSPS) is 50.1. The molecule has 32 rings (SSSR count). The first kappa shape index (κ1) is 111. The van der Waals surface area contributed by atoms with Crippen molar-refractivity contribution in [2.75, 3.05) is 0 Å². The van der Waals surface area contributed by atoms with E-state index in [4.69, 9.17) is 0 Å². The van der Waals surface area contributed by atoms with Gasteiger partial charge in [0.25, 0.3) is 0 Å². The molecule has 32 bridgehead atoms. The third-order valence-corrected chi connectivity index (χ3v) is 52.3. The van der Waals surface area contributed by atoms with Crippen LogP contribution in [0.2, 0.25) is 0 Å². The van der Waals surface area contributed by atoms with Crippen LogP contribution in [-0.2, 0) is 0 Å². The maximum absolute atomic E-state index is 3.36. The predicted molar refractivity (Wildman–Crippen MR) is 607 cm³/mol. The maximum atomic E-state index is 3.36. The van der Waals surface area contributed by atoms with Gasteiger partial charge < -0.3 is 0 Å². The lowest BCUT2D eigenvalue weighted by atomic mass is 9.44. The van der Waals surface area contributed by atoms with E-state index in [1.165, 1.54) is 109 Å². The van der Waals surface area contributed by atoms with Gasteiger partial charge in [-0.1, -0.05) is 274 Å². The molecule has 0 N–H and O–H groups in total. The Labute approximate surface area is 870 Å². The second kappa shape index (κ2) is 47.5. The zero-order valence-electron chi connectivity index (χ0n) is 98.5. The molecule has 0 aromatic carbocycles. The zero-order chi connectivity index (χ0) is 98.9. The number of hydrogen-bond acceptors (Lipinski definition) is 0. The maximum Gasteiger partial charge on any atom is -0.0287 e. The minimum atomic E-state index is 0.762. The second-order valence-electron chi connectivity index (χ2n) is 63.4. The Morgan fingerprint density at radius 2 is 0.525 bits per heavy atom. The highest BCUT2D eigenvalue weighted by atomic mass is 14.7. The fourth-order valence-electron chi connectivity index (χ4n) is 47.5. The molecule has 0 aromatic rings. The summed E-state index contributed by atoms with van der Waals surface area (Å²) in [6.07, 6.45) is 105. The summed E-state index contributed by atoms with van der Waals surface area (Å²) < 4.78 is 0. The van der Waals surface area contributed by atoms with E-state index in [1.54, 1.807) is 327 Å². The number of fused-ring (bicyclic) bond motifs is 8. The molecule has 30 unspecified atom stereocenters. The van der Waals surface area contributed by atoms with Gasteiger partial charge in [0, 0.05) is 0 Å². The fraction of sp³-hybridized carbons (Fsp3) is 0.986. The Bertz CT molecular complexity index is 3430. The number of hydrogen-bond donors (Lipinski definition) is 0. The Morgan fingerprint density at radius 3 is 0.777 bits per heavy atom. The van der Waals surface area contributed by atoms with Gasteiger partial charge in [0.1, 0.15) is 0 Å². The van der Waals surface area contributed by atoms with Crippen LogP contribution < -0.4 is 0 Å². The molecule has 32 fully saturated rings. The van der Waals surface area contributed by atoms with Crippen molar-refractivity contribution in [1.29, 1.82) is 0 Å². The van der Waals surface area contributed by atoms with Gasteiger partial charge in [-0.15, -0.1) is 6.58 Å². The number of unbranched alkanes of at least 4 members (excludes halogenated alkanes) is 4. The minimum Gasteiger partial charge on any atom is -0.103 e. The van der Waals surface area contributed by atoms with Crippen molar-refractivity contribution in [2.24, 2.45) is 268 Å². The molecule has 0 aromatic heterocycles. The number of rotatable bonds is 25. The quantitative estimate of drug-likeness (QED) is 0.0799. The summed E-state index contributed by atoms with van der Waals surface area (Å²) in [6.45, 7) is 61.4. The summed E-state index contributed by atoms with van der Waals surface area (Å²) in [6, 6.07) is 0. The van der Waals surface area contributed by atoms with Crippen LogP contribution in [0.3, 0.4) is 0 Å². The van der Waals surface area contributed by atoms with Gasteiger partial charge in [-0.05, 0) is 596 Å². The Kier molecular flexibility index (Phi) is 38.1. The van der Waals surface area contributed by atoms with Crippen molar-refractivity contribution in [2.45, 2.75) is 596 Å². The van der Waals surface area contributed by atoms with Crippen LogP contribution in [0.4, 0.5) is 0 Å². The highest BCUT2D eigenvalue weighted by Crippen LogP contribution is 2.73. The van der Waals surface area contributed by atoms with Crippen molar-refractivity contribution in [3.05, 3.63) is 12.7 Å². The zero-order valence-corrected chi connectivity index (χ0v) is 98.5. The third-order valence-electron chi connectivity index (χ3n) is 52.3. The summed E-state index contributed by atoms with van der Waals surface area (Å²) in [4.78, 5) is 0. The molecule has 30 atom stereocenters. The standard InChI is InChI=1S/4C15H26.C14H26.2C13H22.2C13H24.C10H18.C3H6/c2*1-3-4-5-15-9-12-6-13(10-15)8-14(2,7-12)11-15;2*1-3-4-5-15-8-12-6-13(9-15)11(2)14(7-12)10-15;1-4-11(5-2)7-14-9-12-8-13(14)6-10(12)3;1-3-13-7-10-4-11(8-13)6-12(2,5-10)9-13;1-3-13-6-10-4-11(7-13)9(2)12(5-10)8-13;2*1-4-5-9(2)13-8-11-7-12(13)6-10(11)3;1-3-8-5-9-6-10(8)4-7(9)2;1-3-2/h2*12-13H,3-11H2,1-2H3;2*11-14H,3-10H2,1-2H3;10-14H,4-9H2,1-3H3;10-11H,3-9H2,1-2H3;9-12H,3-8H2,1-2H3;2*9-13H,4-8H2,1-3H3;7-10H,3-6H2,1-2H3;3H,1H2,2H3. The average Bonchev–Trinajstić information content (AvgIpc) is 1.55. The molecule has 0 spiro atoms. The van der Waals surface area contributed by atoms with Gasteiger partial charge >= 0.3 is 0 Å². The summed E-state index contributed by atoms with van der Waals surface area (Å²) in [5.74, 6) is 40.6. The van der Waals surface area contributed by atoms with Gasteiger partial charge in [0.2, 0.25) is 0 Å². The van der Waals surface area contributed by atoms with Crippen LogP contribution in [0.15, 0.2) is 12.7 Å². The van der Waals surface area contributed by atoms with E-state index in [0.29, 0.717) is 0 Å². The molecule has 0 nitrogen and oxygen atoms in total. The number of allylic oxidation sites excluding steroid dienone is 1. The largest absolute Gasteiger partial charge is 0.103 e. The first-order valence-corrected chi connectivity index (χ1v) is 66.0. The van der Waals surface area contributed by atoms with Gasteiger partial charge in [0.15, 0.2) is 0 Å². The molecule has 0 radical (unpaired) electrons. The van der Waals surface area contributed by atoms with E-state index in [9.17, 15) is 0 Å². The second-order valence-corrected chi connectivity index (χ2v) is 63.4. The van der Waals surface area contributed by atoms with Crippen LogP contribution in [0.1, 0.15) is 596 Å². The molecule has 0 heterocycles. The summed E-state index contributed by atoms with van der Waals surface area (Å²) in [5, 5.41) is 0. The molecule has 32 aliphatic rings. The monoisotopic (exact) mass is 1920 g/mol. The molecule has 32 saturated carbocycles. The highest BCUT2D eigenvalue weighted by molar-refractivity contribution is 5.12. The first-order valence-electron chi connectivity index (χ1n) is 66.0. The SMILES string of the molecule is C=CC.CCC(CC)CC1CC2CC1CC2C.CCC12CC3CC(C1)C(C)C(C3)C2.CCC12CC3CC(CC(C)(C3)C1)C2.CCC1CC2CC1CC2C.CCCC(C)C1CC2CC1CC2C.CCCC(C)C1CC2CC1CC2C.CCCCC12CC3CC(C1)C(C)C(C3)C2.CCCCC12CC3CC(C1)C(C)C(C3)C2.CCCCC12CC3CC(CC(C)(C3)C1)C2.CCCCC12CC3CC(CC(C)(C3)C1)C2. The molecule has 32 aliphatic carbocycles. The van der Waals surface area contributed by atoms with Gasteiger partial charge in [-0.3, -0.25) is 0 Å². The van der Waals surface area contributed by atoms with Gasteiger partial charge in [0.05, 0.1) is 0 Å². The van der Waals surface area contributed by atoms with E-state index in [1.807, 2.05) is 6.92 Å². The molecule has 0 aliphatic heterocycles. The molecule has 802 valence electrons. The molecule has 0 saturated heterocycles. The van der Waals surface area contributed by atoms with E-state index in [0.717, 1.165) is 268 Å². The first-order chi connectivity index (χ1) is 66.5. The lowest BCUT2D eigenvalue weighted by Crippen LogP contribution is -2.50.